The lowest BCUT2D eigenvalue weighted by molar-refractivity contribution is -0.159. The number of benzene rings is 2. The van der Waals surface area contributed by atoms with E-state index in [-0.39, 0.29) is 24.4 Å². The van der Waals surface area contributed by atoms with Crippen LogP contribution >= 0.6 is 11.8 Å². The summed E-state index contributed by atoms with van der Waals surface area (Å²) in [5.74, 6) is -1.34. The Balaban J connectivity index is 2.10. The van der Waals surface area contributed by atoms with Crippen LogP contribution in [0.15, 0.2) is 54.6 Å². The van der Waals surface area contributed by atoms with E-state index in [4.69, 9.17) is 9.47 Å². The second-order valence-corrected chi connectivity index (χ2v) is 8.34. The zero-order chi connectivity index (χ0) is 20.1. The van der Waals surface area contributed by atoms with Crippen molar-refractivity contribution in [2.45, 2.75) is 43.1 Å². The van der Waals surface area contributed by atoms with E-state index in [1.54, 1.807) is 13.8 Å². The molecule has 5 heteroatoms. The molecule has 2 atom stereocenters. The van der Waals surface area contributed by atoms with Crippen LogP contribution in [-0.4, -0.2) is 29.9 Å². The molecule has 0 radical (unpaired) electrons. The van der Waals surface area contributed by atoms with E-state index in [0.29, 0.717) is 6.42 Å². The monoisotopic (exact) mass is 398 g/mol. The SMILES string of the molecule is CCOC(=O)C1(C(=O)OCC)S[C@@H](c2ccccc2)C[C@@H]1c1ccc(C)cc1. The summed E-state index contributed by atoms with van der Waals surface area (Å²) in [4.78, 5) is 26.3. The number of aryl methyl sites for hydroxylation is 1. The molecule has 1 aliphatic heterocycles. The molecule has 2 aromatic rings. The molecule has 0 spiro atoms. The second kappa shape index (κ2) is 8.82. The van der Waals surface area contributed by atoms with Gasteiger partial charge in [0.05, 0.1) is 13.2 Å². The number of ether oxygens (including phenoxy) is 2. The standard InChI is InChI=1S/C23H26O4S/c1-4-26-21(24)23(22(25)27-5-2)19(17-13-11-16(3)12-14-17)15-20(28-23)18-9-7-6-8-10-18/h6-14,19-20H,4-5,15H2,1-3H3/t19-,20-/m1/s1. The first kappa shape index (κ1) is 20.5. The van der Waals surface area contributed by atoms with Gasteiger partial charge in [0, 0.05) is 11.2 Å². The van der Waals surface area contributed by atoms with Crippen LogP contribution in [0.2, 0.25) is 0 Å². The molecule has 1 fully saturated rings. The van der Waals surface area contributed by atoms with Crippen molar-refractivity contribution in [3.05, 3.63) is 71.3 Å². The molecule has 0 unspecified atom stereocenters. The number of carbonyl (C=O) groups is 2. The summed E-state index contributed by atoms with van der Waals surface area (Å²) in [5.41, 5.74) is 3.18. The molecule has 0 bridgehead atoms. The fourth-order valence-electron chi connectivity index (χ4n) is 3.72. The van der Waals surface area contributed by atoms with Crippen molar-refractivity contribution < 1.29 is 19.1 Å². The maximum absolute atomic E-state index is 13.2. The van der Waals surface area contributed by atoms with Crippen molar-refractivity contribution in [3.63, 3.8) is 0 Å². The maximum atomic E-state index is 13.2. The molecule has 0 aliphatic carbocycles. The Morgan fingerprint density at radius 3 is 2.04 bits per heavy atom. The minimum atomic E-state index is -1.40. The van der Waals surface area contributed by atoms with E-state index >= 15 is 0 Å². The Morgan fingerprint density at radius 1 is 0.929 bits per heavy atom. The van der Waals surface area contributed by atoms with Crippen LogP contribution in [0.5, 0.6) is 0 Å². The minimum Gasteiger partial charge on any atom is -0.464 e. The topological polar surface area (TPSA) is 52.6 Å². The summed E-state index contributed by atoms with van der Waals surface area (Å²) in [7, 11) is 0. The summed E-state index contributed by atoms with van der Waals surface area (Å²) in [6.07, 6.45) is 0.662. The highest BCUT2D eigenvalue weighted by molar-refractivity contribution is 8.02. The van der Waals surface area contributed by atoms with Crippen molar-refractivity contribution in [1.82, 2.24) is 0 Å². The van der Waals surface area contributed by atoms with E-state index in [2.05, 4.69) is 0 Å². The number of esters is 2. The van der Waals surface area contributed by atoms with E-state index in [9.17, 15) is 9.59 Å². The summed E-state index contributed by atoms with van der Waals surface area (Å²) in [5, 5.41) is 0.00122. The third-order valence-electron chi connectivity index (χ3n) is 5.08. The van der Waals surface area contributed by atoms with E-state index in [1.165, 1.54) is 11.8 Å². The van der Waals surface area contributed by atoms with Gasteiger partial charge in [0.2, 0.25) is 4.75 Å². The van der Waals surface area contributed by atoms with Crippen molar-refractivity contribution >= 4 is 23.7 Å². The summed E-state index contributed by atoms with van der Waals surface area (Å²) in [6.45, 7) is 5.97. The van der Waals surface area contributed by atoms with Gasteiger partial charge in [0.25, 0.3) is 0 Å². The molecule has 148 valence electrons. The first-order valence-electron chi connectivity index (χ1n) is 9.66. The summed E-state index contributed by atoms with van der Waals surface area (Å²) < 4.78 is 9.39. The van der Waals surface area contributed by atoms with Gasteiger partial charge in [-0.3, -0.25) is 0 Å². The molecule has 1 heterocycles. The molecule has 0 N–H and O–H groups in total. The van der Waals surface area contributed by atoms with Gasteiger partial charge in [-0.1, -0.05) is 60.2 Å². The summed E-state index contributed by atoms with van der Waals surface area (Å²) >= 11 is 1.37. The van der Waals surface area contributed by atoms with E-state index < -0.39 is 16.7 Å². The van der Waals surface area contributed by atoms with E-state index in [0.717, 1.165) is 16.7 Å². The Kier molecular flexibility index (Phi) is 6.45. The van der Waals surface area contributed by atoms with Crippen LogP contribution in [0.4, 0.5) is 0 Å². The average molecular weight is 399 g/mol. The third kappa shape index (κ3) is 3.81. The van der Waals surface area contributed by atoms with Gasteiger partial charge in [-0.2, -0.15) is 0 Å². The number of carbonyl (C=O) groups excluding carboxylic acids is 2. The van der Waals surface area contributed by atoms with Crippen molar-refractivity contribution in [3.8, 4) is 0 Å². The predicted octanol–water partition coefficient (Wildman–Crippen LogP) is 4.82. The van der Waals surface area contributed by atoms with E-state index in [1.807, 2.05) is 61.5 Å². The smallest absolute Gasteiger partial charge is 0.334 e. The minimum absolute atomic E-state index is 0.00122. The lowest BCUT2D eigenvalue weighted by atomic mass is 9.81. The van der Waals surface area contributed by atoms with Crippen molar-refractivity contribution in [2.24, 2.45) is 0 Å². The van der Waals surface area contributed by atoms with Crippen LogP contribution < -0.4 is 0 Å². The zero-order valence-electron chi connectivity index (χ0n) is 16.5. The molecule has 3 rings (SSSR count). The van der Waals surface area contributed by atoms with Crippen LogP contribution in [0.25, 0.3) is 0 Å². The highest BCUT2D eigenvalue weighted by Crippen LogP contribution is 2.60. The van der Waals surface area contributed by atoms with Crippen LogP contribution in [0.1, 0.15) is 48.1 Å². The quantitative estimate of drug-likeness (QED) is 0.516. The molecule has 0 aromatic heterocycles. The lowest BCUT2D eigenvalue weighted by Crippen LogP contribution is -2.48. The zero-order valence-corrected chi connectivity index (χ0v) is 17.3. The first-order valence-corrected chi connectivity index (χ1v) is 10.5. The first-order chi connectivity index (χ1) is 13.5. The Hall–Kier alpha value is -2.27. The number of rotatable bonds is 6. The van der Waals surface area contributed by atoms with Gasteiger partial charge in [-0.25, -0.2) is 9.59 Å². The molecule has 0 amide bonds. The molecule has 28 heavy (non-hydrogen) atoms. The molecule has 2 aromatic carbocycles. The van der Waals surface area contributed by atoms with Crippen molar-refractivity contribution in [2.75, 3.05) is 13.2 Å². The molecule has 4 nitrogen and oxygen atoms in total. The largest absolute Gasteiger partial charge is 0.464 e. The fourth-order valence-corrected chi connectivity index (χ4v) is 5.45. The van der Waals surface area contributed by atoms with Gasteiger partial charge in [0.15, 0.2) is 0 Å². The second-order valence-electron chi connectivity index (χ2n) is 6.89. The highest BCUT2D eigenvalue weighted by Gasteiger charge is 2.62. The van der Waals surface area contributed by atoms with Gasteiger partial charge < -0.3 is 9.47 Å². The predicted molar refractivity (Wildman–Crippen MR) is 111 cm³/mol. The number of hydrogen-bond acceptors (Lipinski definition) is 5. The van der Waals surface area contributed by atoms with Gasteiger partial charge in [0.1, 0.15) is 0 Å². The van der Waals surface area contributed by atoms with Crippen LogP contribution in [-0.2, 0) is 19.1 Å². The Labute approximate surface area is 170 Å². The number of hydrogen-bond donors (Lipinski definition) is 0. The molecular weight excluding hydrogens is 372 g/mol. The fraction of sp³-hybridized carbons (Fsp3) is 0.391. The normalized spacial score (nSPS) is 20.5. The maximum Gasteiger partial charge on any atom is 0.334 e. The Bertz CT molecular complexity index is 798. The lowest BCUT2D eigenvalue weighted by Gasteiger charge is -2.30. The van der Waals surface area contributed by atoms with Gasteiger partial charge >= 0.3 is 11.9 Å². The molecule has 1 aliphatic rings. The van der Waals surface area contributed by atoms with Crippen LogP contribution in [0, 0.1) is 6.92 Å². The summed E-state index contributed by atoms with van der Waals surface area (Å²) in [6, 6.07) is 18.0. The number of thioether (sulfide) groups is 1. The molecular formula is C23H26O4S. The average Bonchev–Trinajstić information content (AvgIpc) is 3.12. The molecule has 0 saturated carbocycles. The highest BCUT2D eigenvalue weighted by atomic mass is 32.2. The van der Waals surface area contributed by atoms with Crippen LogP contribution in [0.3, 0.4) is 0 Å². The van der Waals surface area contributed by atoms with Gasteiger partial charge in [-0.05, 0) is 38.3 Å². The van der Waals surface area contributed by atoms with Crippen molar-refractivity contribution in [1.29, 1.82) is 0 Å². The third-order valence-corrected chi connectivity index (χ3v) is 6.82. The molecule has 1 saturated heterocycles. The Morgan fingerprint density at radius 2 is 1.50 bits per heavy atom. The van der Waals surface area contributed by atoms with Gasteiger partial charge in [-0.15, -0.1) is 11.8 Å².